The summed E-state index contributed by atoms with van der Waals surface area (Å²) in [5, 5.41) is 2.82. The fourth-order valence-electron chi connectivity index (χ4n) is 1.93. The number of hydrogen-bond acceptors (Lipinski definition) is 3. The number of hydrogen-bond donors (Lipinski definition) is 2. The van der Waals surface area contributed by atoms with Crippen LogP contribution in [0.4, 0.5) is 5.69 Å². The van der Waals surface area contributed by atoms with Crippen LogP contribution in [0.25, 0.3) is 0 Å². The molecule has 0 unspecified atom stereocenters. The average Bonchev–Trinajstić information content (AvgIpc) is 2.30. The normalized spacial score (nSPS) is 16.1. The van der Waals surface area contributed by atoms with E-state index >= 15 is 0 Å². The summed E-state index contributed by atoms with van der Waals surface area (Å²) in [6.07, 6.45) is 0.883. The third-order valence-electron chi connectivity index (χ3n) is 2.75. The Hall–Kier alpha value is -1.55. The third-order valence-corrected chi connectivity index (χ3v) is 2.75. The summed E-state index contributed by atoms with van der Waals surface area (Å²) in [5.41, 5.74) is 7.87. The summed E-state index contributed by atoms with van der Waals surface area (Å²) in [6, 6.07) is 8.25. The maximum Gasteiger partial charge on any atom is 0.239 e. The van der Waals surface area contributed by atoms with Gasteiger partial charge < -0.3 is 16.0 Å². The second-order valence-corrected chi connectivity index (χ2v) is 3.98. The Bertz CT molecular complexity index is 378. The van der Waals surface area contributed by atoms with Gasteiger partial charge in [0.15, 0.2) is 0 Å². The van der Waals surface area contributed by atoms with Crippen molar-refractivity contribution < 1.29 is 4.79 Å². The Kier molecular flexibility index (Phi) is 3.41. The molecule has 1 aliphatic rings. The lowest BCUT2D eigenvalue weighted by Crippen LogP contribution is -2.47. The lowest BCUT2D eigenvalue weighted by Gasteiger charge is -2.28. The van der Waals surface area contributed by atoms with Crippen LogP contribution in [0.5, 0.6) is 0 Å². The van der Waals surface area contributed by atoms with Crippen molar-refractivity contribution in [2.75, 3.05) is 31.1 Å². The number of anilines is 1. The average molecular weight is 219 g/mol. The molecule has 1 aromatic carbocycles. The van der Waals surface area contributed by atoms with E-state index in [1.807, 2.05) is 12.1 Å². The Labute approximate surface area is 95.4 Å². The van der Waals surface area contributed by atoms with Crippen molar-refractivity contribution >= 4 is 11.6 Å². The van der Waals surface area contributed by atoms with Crippen LogP contribution in [0.15, 0.2) is 24.3 Å². The molecule has 0 bridgehead atoms. The van der Waals surface area contributed by atoms with Gasteiger partial charge in [0.25, 0.3) is 0 Å². The van der Waals surface area contributed by atoms with Crippen molar-refractivity contribution in [2.24, 2.45) is 5.73 Å². The minimum Gasteiger partial charge on any atom is -0.360 e. The highest BCUT2D eigenvalue weighted by Gasteiger charge is 2.16. The molecule has 0 radical (unpaired) electrons. The van der Waals surface area contributed by atoms with Gasteiger partial charge >= 0.3 is 0 Å². The third kappa shape index (κ3) is 2.52. The van der Waals surface area contributed by atoms with Gasteiger partial charge in [-0.05, 0) is 30.7 Å². The van der Waals surface area contributed by atoms with Crippen molar-refractivity contribution in [2.45, 2.75) is 6.42 Å². The van der Waals surface area contributed by atoms with E-state index in [4.69, 9.17) is 5.73 Å². The maximum atomic E-state index is 11.3. The summed E-state index contributed by atoms with van der Waals surface area (Å²) in [5.74, 6) is 0.0930. The number of benzene rings is 1. The Morgan fingerprint density at radius 1 is 1.44 bits per heavy atom. The Morgan fingerprint density at radius 3 is 3.06 bits per heavy atom. The van der Waals surface area contributed by atoms with Gasteiger partial charge in [0, 0.05) is 18.8 Å². The minimum absolute atomic E-state index is 0.0930. The van der Waals surface area contributed by atoms with E-state index < -0.39 is 0 Å². The monoisotopic (exact) mass is 219 g/mol. The van der Waals surface area contributed by atoms with Gasteiger partial charge in [0.2, 0.25) is 5.91 Å². The number of carbonyl (C=O) groups excluding carboxylic acids is 1. The molecule has 0 spiro atoms. The van der Waals surface area contributed by atoms with E-state index in [1.165, 1.54) is 5.56 Å². The van der Waals surface area contributed by atoms with Crippen LogP contribution in [0, 0.1) is 0 Å². The van der Waals surface area contributed by atoms with Gasteiger partial charge in [0.05, 0.1) is 6.54 Å². The molecule has 1 fully saturated rings. The molecule has 86 valence electrons. The molecule has 1 amide bonds. The predicted molar refractivity (Wildman–Crippen MR) is 64.4 cm³/mol. The molecule has 0 aromatic heterocycles. The van der Waals surface area contributed by atoms with Crippen molar-refractivity contribution in [3.8, 4) is 0 Å². The highest BCUT2D eigenvalue weighted by atomic mass is 16.2. The number of nitrogens with one attached hydrogen (secondary N) is 1. The first-order chi connectivity index (χ1) is 7.79. The number of amides is 1. The Morgan fingerprint density at radius 2 is 2.31 bits per heavy atom. The fraction of sp³-hybridized carbons (Fsp3) is 0.417. The second kappa shape index (κ2) is 4.99. The first-order valence-electron chi connectivity index (χ1n) is 5.60. The molecule has 0 saturated carbocycles. The molecule has 16 heavy (non-hydrogen) atoms. The van der Waals surface area contributed by atoms with Crippen molar-refractivity contribution in [1.82, 2.24) is 5.32 Å². The molecular weight excluding hydrogens is 202 g/mol. The van der Waals surface area contributed by atoms with Gasteiger partial charge in [-0.1, -0.05) is 12.1 Å². The SMILES string of the molecule is NCCc1cccc(N2CCNC(=O)C2)c1. The lowest BCUT2D eigenvalue weighted by atomic mass is 10.1. The number of carbonyl (C=O) groups is 1. The molecule has 1 aliphatic heterocycles. The number of nitrogens with zero attached hydrogens (tertiary/aromatic N) is 1. The molecule has 0 atom stereocenters. The first kappa shape index (κ1) is 11.0. The highest BCUT2D eigenvalue weighted by molar-refractivity contribution is 5.82. The van der Waals surface area contributed by atoms with E-state index in [0.717, 1.165) is 25.2 Å². The fourth-order valence-corrected chi connectivity index (χ4v) is 1.93. The molecule has 4 nitrogen and oxygen atoms in total. The lowest BCUT2D eigenvalue weighted by molar-refractivity contribution is -0.120. The van der Waals surface area contributed by atoms with Crippen LogP contribution >= 0.6 is 0 Å². The zero-order valence-corrected chi connectivity index (χ0v) is 9.28. The minimum atomic E-state index is 0.0930. The number of piperazine rings is 1. The predicted octanol–water partition coefficient (Wildman–Crippen LogP) is 0.124. The molecule has 1 heterocycles. The summed E-state index contributed by atoms with van der Waals surface area (Å²) >= 11 is 0. The zero-order chi connectivity index (χ0) is 11.4. The van der Waals surface area contributed by atoms with Crippen LogP contribution < -0.4 is 16.0 Å². The van der Waals surface area contributed by atoms with Crippen LogP contribution in [-0.4, -0.2) is 32.1 Å². The summed E-state index contributed by atoms with van der Waals surface area (Å²) in [6.45, 7) is 2.70. The van der Waals surface area contributed by atoms with E-state index in [-0.39, 0.29) is 5.91 Å². The van der Waals surface area contributed by atoms with Gasteiger partial charge in [0.1, 0.15) is 0 Å². The molecule has 1 saturated heterocycles. The van der Waals surface area contributed by atoms with Gasteiger partial charge in [-0.2, -0.15) is 0 Å². The first-order valence-corrected chi connectivity index (χ1v) is 5.60. The highest BCUT2D eigenvalue weighted by Crippen LogP contribution is 2.17. The maximum absolute atomic E-state index is 11.3. The van der Waals surface area contributed by atoms with Crippen molar-refractivity contribution in [3.05, 3.63) is 29.8 Å². The Balaban J connectivity index is 2.12. The molecular formula is C12H17N3O. The second-order valence-electron chi connectivity index (χ2n) is 3.98. The largest absolute Gasteiger partial charge is 0.360 e. The van der Waals surface area contributed by atoms with Crippen LogP contribution in [-0.2, 0) is 11.2 Å². The summed E-state index contributed by atoms with van der Waals surface area (Å²) in [7, 11) is 0. The molecule has 2 rings (SSSR count). The molecule has 3 N–H and O–H groups in total. The van der Waals surface area contributed by atoms with Gasteiger partial charge in [-0.3, -0.25) is 4.79 Å². The van der Waals surface area contributed by atoms with Crippen molar-refractivity contribution in [3.63, 3.8) is 0 Å². The number of nitrogens with two attached hydrogens (primary N) is 1. The van der Waals surface area contributed by atoms with Crippen LogP contribution in [0.1, 0.15) is 5.56 Å². The van der Waals surface area contributed by atoms with Crippen LogP contribution in [0.2, 0.25) is 0 Å². The summed E-state index contributed by atoms with van der Waals surface area (Å²) in [4.78, 5) is 13.4. The summed E-state index contributed by atoms with van der Waals surface area (Å²) < 4.78 is 0. The molecule has 1 aromatic rings. The smallest absolute Gasteiger partial charge is 0.239 e. The molecule has 4 heteroatoms. The van der Waals surface area contributed by atoms with E-state index in [0.29, 0.717) is 13.1 Å². The standard InChI is InChI=1S/C12H17N3O/c13-5-4-10-2-1-3-11(8-10)15-7-6-14-12(16)9-15/h1-3,8H,4-7,9,13H2,(H,14,16). The van der Waals surface area contributed by atoms with E-state index in [2.05, 4.69) is 22.3 Å². The van der Waals surface area contributed by atoms with E-state index in [9.17, 15) is 4.79 Å². The quantitative estimate of drug-likeness (QED) is 0.759. The van der Waals surface area contributed by atoms with Crippen LogP contribution in [0.3, 0.4) is 0 Å². The van der Waals surface area contributed by atoms with Gasteiger partial charge in [-0.25, -0.2) is 0 Å². The van der Waals surface area contributed by atoms with E-state index in [1.54, 1.807) is 0 Å². The van der Waals surface area contributed by atoms with Crippen molar-refractivity contribution in [1.29, 1.82) is 0 Å². The number of rotatable bonds is 3. The molecule has 0 aliphatic carbocycles. The zero-order valence-electron chi connectivity index (χ0n) is 9.28. The van der Waals surface area contributed by atoms with Gasteiger partial charge in [-0.15, -0.1) is 0 Å². The topological polar surface area (TPSA) is 58.4 Å².